The third kappa shape index (κ3) is 2.38. The molecule has 6 heteroatoms. The first-order chi connectivity index (χ1) is 9.65. The van der Waals surface area contributed by atoms with Crippen molar-refractivity contribution in [2.45, 2.75) is 6.54 Å². The number of anilines is 1. The largest absolute Gasteiger partial charge is 0.337 e. The minimum absolute atomic E-state index is 0.670. The van der Waals surface area contributed by atoms with Crippen molar-refractivity contribution in [3.8, 4) is 0 Å². The van der Waals surface area contributed by atoms with Crippen LogP contribution in [-0.4, -0.2) is 26.6 Å². The van der Waals surface area contributed by atoms with E-state index in [4.69, 9.17) is 0 Å². The van der Waals surface area contributed by atoms with Gasteiger partial charge in [0.15, 0.2) is 0 Å². The Morgan fingerprint density at radius 2 is 2.15 bits per heavy atom. The van der Waals surface area contributed by atoms with Gasteiger partial charge in [-0.1, -0.05) is 22.0 Å². The van der Waals surface area contributed by atoms with Crippen LogP contribution < -0.4 is 4.90 Å². The first-order valence-electron chi connectivity index (χ1n) is 6.24. The third-order valence-electron chi connectivity index (χ3n) is 3.20. The highest BCUT2D eigenvalue weighted by molar-refractivity contribution is 9.10. The van der Waals surface area contributed by atoms with Crippen LogP contribution in [0, 0.1) is 0 Å². The molecule has 0 unspecified atom stereocenters. The number of aromatic nitrogens is 4. The van der Waals surface area contributed by atoms with Crippen molar-refractivity contribution >= 4 is 32.8 Å². The zero-order valence-corrected chi connectivity index (χ0v) is 12.9. The summed E-state index contributed by atoms with van der Waals surface area (Å²) in [5, 5.41) is 1.02. The quantitative estimate of drug-likeness (QED) is 0.740. The second-order valence-electron chi connectivity index (χ2n) is 4.65. The zero-order valence-electron chi connectivity index (χ0n) is 11.3. The number of fused-ring (bicyclic) bond motifs is 1. The van der Waals surface area contributed by atoms with Crippen LogP contribution in [0.15, 0.2) is 41.3 Å². The Kier molecular flexibility index (Phi) is 3.40. The van der Waals surface area contributed by atoms with Crippen molar-refractivity contribution in [1.29, 1.82) is 0 Å². The molecule has 102 valence electrons. The first kappa shape index (κ1) is 13.1. The van der Waals surface area contributed by atoms with E-state index in [-0.39, 0.29) is 0 Å². The fraction of sp³-hybridized carbons (Fsp3) is 0.214. The molecule has 0 aliphatic rings. The molecule has 3 aromatic rings. The van der Waals surface area contributed by atoms with E-state index in [9.17, 15) is 0 Å². The van der Waals surface area contributed by atoms with Crippen molar-refractivity contribution < 1.29 is 0 Å². The van der Waals surface area contributed by atoms with Crippen LogP contribution >= 0.6 is 15.9 Å². The van der Waals surface area contributed by atoms with E-state index >= 15 is 0 Å². The summed E-state index contributed by atoms with van der Waals surface area (Å²) in [5.41, 5.74) is 0.927. The van der Waals surface area contributed by atoms with Gasteiger partial charge >= 0.3 is 0 Å². The van der Waals surface area contributed by atoms with Crippen LogP contribution in [0.2, 0.25) is 0 Å². The van der Waals surface area contributed by atoms with Gasteiger partial charge in [-0.3, -0.25) is 0 Å². The molecule has 0 radical (unpaired) electrons. The third-order valence-corrected chi connectivity index (χ3v) is 3.89. The molecule has 0 saturated heterocycles. The topological polar surface area (TPSA) is 46.8 Å². The normalized spacial score (nSPS) is 10.9. The Labute approximate surface area is 125 Å². The molecular formula is C14H14BrN5. The van der Waals surface area contributed by atoms with Crippen LogP contribution in [0.25, 0.3) is 10.9 Å². The van der Waals surface area contributed by atoms with Gasteiger partial charge in [0, 0.05) is 42.5 Å². The van der Waals surface area contributed by atoms with E-state index in [2.05, 4.69) is 30.9 Å². The highest BCUT2D eigenvalue weighted by atomic mass is 79.9. The van der Waals surface area contributed by atoms with Crippen molar-refractivity contribution in [1.82, 2.24) is 19.5 Å². The lowest BCUT2D eigenvalue weighted by Gasteiger charge is -2.17. The molecule has 5 nitrogen and oxygen atoms in total. The number of nitrogens with zero attached hydrogens (tertiary/aromatic N) is 5. The second-order valence-corrected chi connectivity index (χ2v) is 5.51. The van der Waals surface area contributed by atoms with E-state index in [0.717, 1.165) is 21.2 Å². The maximum absolute atomic E-state index is 4.59. The Balaban J connectivity index is 1.92. The average Bonchev–Trinajstić information content (AvgIpc) is 2.84. The SMILES string of the molecule is CN(Cc1nccn1C)c1ncc2c(Br)cccc2n1. The average molecular weight is 332 g/mol. The minimum atomic E-state index is 0.670. The minimum Gasteiger partial charge on any atom is -0.337 e. The van der Waals surface area contributed by atoms with Gasteiger partial charge in [0.05, 0.1) is 12.1 Å². The molecule has 2 aromatic heterocycles. The second kappa shape index (κ2) is 5.20. The molecule has 2 heterocycles. The van der Waals surface area contributed by atoms with Gasteiger partial charge in [0.25, 0.3) is 0 Å². The molecule has 0 aliphatic carbocycles. The summed E-state index contributed by atoms with van der Waals surface area (Å²) >= 11 is 3.51. The molecule has 0 fully saturated rings. The predicted molar refractivity (Wildman–Crippen MR) is 82.6 cm³/mol. The molecule has 3 rings (SSSR count). The number of benzene rings is 1. The standard InChI is InChI=1S/C14H14BrN5/c1-19-7-6-16-13(19)9-20(2)14-17-8-10-11(15)4-3-5-12(10)18-14/h3-8H,9H2,1-2H3. The Bertz CT molecular complexity index is 752. The van der Waals surface area contributed by atoms with Crippen LogP contribution in [-0.2, 0) is 13.6 Å². The summed E-state index contributed by atoms with van der Waals surface area (Å²) in [7, 11) is 3.95. The summed E-state index contributed by atoms with van der Waals surface area (Å²) in [6.07, 6.45) is 5.57. The molecular weight excluding hydrogens is 318 g/mol. The maximum atomic E-state index is 4.59. The monoisotopic (exact) mass is 331 g/mol. The van der Waals surface area contributed by atoms with Gasteiger partial charge in [0.1, 0.15) is 5.82 Å². The van der Waals surface area contributed by atoms with E-state index < -0.39 is 0 Å². The Morgan fingerprint density at radius 3 is 2.90 bits per heavy atom. The van der Waals surface area contributed by atoms with Crippen LogP contribution in [0.4, 0.5) is 5.95 Å². The highest BCUT2D eigenvalue weighted by Gasteiger charge is 2.09. The van der Waals surface area contributed by atoms with Crippen molar-refractivity contribution in [3.05, 3.63) is 47.1 Å². The number of halogens is 1. The van der Waals surface area contributed by atoms with Gasteiger partial charge in [-0.15, -0.1) is 0 Å². The van der Waals surface area contributed by atoms with Crippen LogP contribution in [0.3, 0.4) is 0 Å². The predicted octanol–water partition coefficient (Wildman–Crippen LogP) is 2.76. The summed E-state index contributed by atoms with van der Waals surface area (Å²) in [6, 6.07) is 5.95. The summed E-state index contributed by atoms with van der Waals surface area (Å²) < 4.78 is 3.00. The molecule has 1 aromatic carbocycles. The number of aryl methyl sites for hydroxylation is 1. The lowest BCUT2D eigenvalue weighted by molar-refractivity contribution is 0.748. The zero-order chi connectivity index (χ0) is 14.1. The first-order valence-corrected chi connectivity index (χ1v) is 7.03. The van der Waals surface area contributed by atoms with Crippen LogP contribution in [0.5, 0.6) is 0 Å². The van der Waals surface area contributed by atoms with Crippen molar-refractivity contribution in [2.75, 3.05) is 11.9 Å². The fourth-order valence-electron chi connectivity index (χ4n) is 2.03. The molecule has 0 spiro atoms. The summed E-state index contributed by atoms with van der Waals surface area (Å²) in [4.78, 5) is 15.3. The number of hydrogen-bond acceptors (Lipinski definition) is 4. The summed E-state index contributed by atoms with van der Waals surface area (Å²) in [6.45, 7) is 0.670. The van der Waals surface area contributed by atoms with E-state index in [1.807, 2.05) is 54.2 Å². The smallest absolute Gasteiger partial charge is 0.226 e. The molecule has 0 N–H and O–H groups in total. The fourth-order valence-corrected chi connectivity index (χ4v) is 2.48. The van der Waals surface area contributed by atoms with Gasteiger partial charge < -0.3 is 9.47 Å². The van der Waals surface area contributed by atoms with Crippen molar-refractivity contribution in [3.63, 3.8) is 0 Å². The van der Waals surface area contributed by atoms with E-state index in [1.165, 1.54) is 0 Å². The number of rotatable bonds is 3. The number of hydrogen-bond donors (Lipinski definition) is 0. The van der Waals surface area contributed by atoms with Crippen LogP contribution in [0.1, 0.15) is 5.82 Å². The molecule has 0 amide bonds. The molecule has 0 aliphatic heterocycles. The van der Waals surface area contributed by atoms with Gasteiger partial charge in [-0.05, 0) is 12.1 Å². The highest BCUT2D eigenvalue weighted by Crippen LogP contribution is 2.23. The summed E-state index contributed by atoms with van der Waals surface area (Å²) in [5.74, 6) is 1.67. The molecule has 0 bridgehead atoms. The van der Waals surface area contributed by atoms with Gasteiger partial charge in [0.2, 0.25) is 5.95 Å². The van der Waals surface area contributed by atoms with E-state index in [0.29, 0.717) is 12.5 Å². The van der Waals surface area contributed by atoms with Crippen molar-refractivity contribution in [2.24, 2.45) is 7.05 Å². The lowest BCUT2D eigenvalue weighted by Crippen LogP contribution is -2.21. The lowest BCUT2D eigenvalue weighted by atomic mass is 10.2. The molecule has 0 saturated carbocycles. The van der Waals surface area contributed by atoms with Gasteiger partial charge in [-0.2, -0.15) is 0 Å². The Morgan fingerprint density at radius 1 is 1.30 bits per heavy atom. The van der Waals surface area contributed by atoms with Gasteiger partial charge in [-0.25, -0.2) is 15.0 Å². The maximum Gasteiger partial charge on any atom is 0.226 e. The number of imidazole rings is 1. The van der Waals surface area contributed by atoms with E-state index in [1.54, 1.807) is 6.20 Å². The molecule has 20 heavy (non-hydrogen) atoms. The molecule has 0 atom stereocenters. The Hall–Kier alpha value is -1.95.